The van der Waals surface area contributed by atoms with E-state index in [9.17, 15) is 4.79 Å². The fourth-order valence-corrected chi connectivity index (χ4v) is 3.81. The van der Waals surface area contributed by atoms with E-state index in [0.717, 1.165) is 23.1 Å². The molecule has 144 valence electrons. The van der Waals surface area contributed by atoms with Crippen molar-refractivity contribution in [1.29, 1.82) is 0 Å². The molecule has 1 fully saturated rings. The predicted molar refractivity (Wildman–Crippen MR) is 113 cm³/mol. The molecular formula is C23H28BrNO2. The molecule has 3 nitrogen and oxygen atoms in total. The van der Waals surface area contributed by atoms with Gasteiger partial charge in [0.05, 0.1) is 0 Å². The highest BCUT2D eigenvalue weighted by Gasteiger charge is 2.49. The van der Waals surface area contributed by atoms with Crippen LogP contribution in [0.2, 0.25) is 0 Å². The lowest BCUT2D eigenvalue weighted by Crippen LogP contribution is -2.46. The van der Waals surface area contributed by atoms with E-state index in [-0.39, 0.29) is 17.4 Å². The highest BCUT2D eigenvalue weighted by atomic mass is 79.9. The zero-order valence-electron chi connectivity index (χ0n) is 16.5. The average molecular weight is 430 g/mol. The second kappa shape index (κ2) is 8.05. The van der Waals surface area contributed by atoms with Crippen molar-refractivity contribution in [3.05, 3.63) is 64.1 Å². The maximum absolute atomic E-state index is 12.6. The van der Waals surface area contributed by atoms with E-state index in [0.29, 0.717) is 5.92 Å². The first kappa shape index (κ1) is 19.9. The molecule has 3 rings (SSSR count). The van der Waals surface area contributed by atoms with Gasteiger partial charge in [-0.2, -0.15) is 0 Å². The first-order chi connectivity index (χ1) is 12.8. The number of carbonyl (C=O) groups is 1. The number of nitrogens with one attached hydrogen (secondary N) is 1. The van der Waals surface area contributed by atoms with Crippen LogP contribution in [0.3, 0.4) is 0 Å². The number of amides is 1. The highest BCUT2D eigenvalue weighted by Crippen LogP contribution is 2.51. The first-order valence-electron chi connectivity index (χ1n) is 9.65. The van der Waals surface area contributed by atoms with Crippen LogP contribution in [0.25, 0.3) is 0 Å². The minimum absolute atomic E-state index is 0.0506. The van der Waals surface area contributed by atoms with Crippen LogP contribution in [0.4, 0.5) is 0 Å². The Bertz CT molecular complexity index is 779. The van der Waals surface area contributed by atoms with Gasteiger partial charge in [0, 0.05) is 15.9 Å². The van der Waals surface area contributed by atoms with Crippen molar-refractivity contribution < 1.29 is 9.53 Å². The lowest BCUT2D eigenvalue weighted by molar-refractivity contribution is -0.128. The summed E-state index contributed by atoms with van der Waals surface area (Å²) in [7, 11) is 0. The molecule has 2 aromatic carbocycles. The van der Waals surface area contributed by atoms with Gasteiger partial charge >= 0.3 is 0 Å². The molecule has 4 heteroatoms. The largest absolute Gasteiger partial charge is 0.481 e. The number of hydrogen-bond donors (Lipinski definition) is 1. The second-order valence-electron chi connectivity index (χ2n) is 7.88. The third kappa shape index (κ3) is 4.55. The first-order valence-corrected chi connectivity index (χ1v) is 10.4. The molecule has 1 amide bonds. The summed E-state index contributed by atoms with van der Waals surface area (Å²) in [4.78, 5) is 12.6. The summed E-state index contributed by atoms with van der Waals surface area (Å²) in [6, 6.07) is 16.5. The molecule has 0 heterocycles. The fraction of sp³-hybridized carbons (Fsp3) is 0.435. The Morgan fingerprint density at radius 3 is 2.11 bits per heavy atom. The number of halogens is 1. The van der Waals surface area contributed by atoms with Crippen molar-refractivity contribution in [2.24, 2.45) is 0 Å². The average Bonchev–Trinajstić information content (AvgIpc) is 3.44. The Morgan fingerprint density at radius 2 is 1.59 bits per heavy atom. The van der Waals surface area contributed by atoms with E-state index in [1.54, 1.807) is 6.92 Å². The number of hydrogen-bond acceptors (Lipinski definition) is 2. The van der Waals surface area contributed by atoms with Crippen LogP contribution in [-0.4, -0.2) is 18.1 Å². The Balaban J connectivity index is 1.60. The summed E-state index contributed by atoms with van der Waals surface area (Å²) in [5, 5.41) is 3.17. The van der Waals surface area contributed by atoms with Crippen molar-refractivity contribution in [3.8, 4) is 5.75 Å². The fourth-order valence-electron chi connectivity index (χ4n) is 3.55. The van der Waals surface area contributed by atoms with Crippen LogP contribution in [-0.2, 0) is 10.2 Å². The number of benzene rings is 2. The summed E-state index contributed by atoms with van der Waals surface area (Å²) < 4.78 is 6.92. The molecule has 1 aliphatic rings. The number of rotatable bonds is 7. The van der Waals surface area contributed by atoms with Gasteiger partial charge in [-0.3, -0.25) is 4.79 Å². The molecule has 0 spiro atoms. The van der Waals surface area contributed by atoms with Crippen molar-refractivity contribution in [3.63, 3.8) is 0 Å². The lowest BCUT2D eigenvalue weighted by Gasteiger charge is -2.26. The zero-order valence-corrected chi connectivity index (χ0v) is 18.0. The van der Waals surface area contributed by atoms with E-state index < -0.39 is 6.10 Å². The molecule has 0 radical (unpaired) electrons. The number of ether oxygens (including phenoxy) is 1. The van der Waals surface area contributed by atoms with Crippen LogP contribution in [0.5, 0.6) is 5.75 Å². The van der Waals surface area contributed by atoms with Gasteiger partial charge in [0.2, 0.25) is 0 Å². The summed E-state index contributed by atoms with van der Waals surface area (Å²) in [5.74, 6) is 1.14. The van der Waals surface area contributed by atoms with Gasteiger partial charge in [0.25, 0.3) is 5.91 Å². The smallest absolute Gasteiger partial charge is 0.261 e. The van der Waals surface area contributed by atoms with E-state index in [1.165, 1.54) is 11.1 Å². The van der Waals surface area contributed by atoms with Crippen LogP contribution >= 0.6 is 15.9 Å². The van der Waals surface area contributed by atoms with E-state index in [4.69, 9.17) is 4.74 Å². The quantitative estimate of drug-likeness (QED) is 0.623. The van der Waals surface area contributed by atoms with Crippen LogP contribution in [0.15, 0.2) is 53.0 Å². The SMILES string of the molecule is CC(Oc1ccc(C(C)C)cc1)C(=O)NC(C)C1(c2ccc(Br)cc2)CC1. The molecule has 1 saturated carbocycles. The molecule has 0 aliphatic heterocycles. The van der Waals surface area contributed by atoms with E-state index in [1.807, 2.05) is 12.1 Å². The Kier molecular flexibility index (Phi) is 5.95. The number of carbonyl (C=O) groups excluding carboxylic acids is 1. The van der Waals surface area contributed by atoms with E-state index >= 15 is 0 Å². The standard InChI is InChI=1S/C23H28BrNO2/c1-15(2)18-5-11-21(12-6-18)27-16(3)22(26)25-17(4)23(13-14-23)19-7-9-20(24)10-8-19/h5-12,15-17H,13-14H2,1-4H3,(H,25,26). The van der Waals surface area contributed by atoms with Gasteiger partial charge in [0.15, 0.2) is 6.10 Å². The van der Waals surface area contributed by atoms with Crippen molar-refractivity contribution >= 4 is 21.8 Å². The maximum atomic E-state index is 12.6. The molecule has 0 aromatic heterocycles. The molecule has 1 N–H and O–H groups in total. The van der Waals surface area contributed by atoms with Crippen molar-refractivity contribution in [2.75, 3.05) is 0 Å². The maximum Gasteiger partial charge on any atom is 0.261 e. The van der Waals surface area contributed by atoms with Crippen LogP contribution < -0.4 is 10.1 Å². The van der Waals surface area contributed by atoms with Crippen molar-refractivity contribution in [1.82, 2.24) is 5.32 Å². The summed E-state index contributed by atoms with van der Waals surface area (Å²) in [6.07, 6.45) is 1.67. The molecule has 1 aliphatic carbocycles. The minimum Gasteiger partial charge on any atom is -0.481 e. The summed E-state index contributed by atoms with van der Waals surface area (Å²) in [6.45, 7) is 8.22. The normalized spacial score (nSPS) is 17.3. The molecular weight excluding hydrogens is 402 g/mol. The molecule has 0 bridgehead atoms. The van der Waals surface area contributed by atoms with E-state index in [2.05, 4.69) is 78.4 Å². The molecule has 2 aromatic rings. The summed E-state index contributed by atoms with van der Waals surface area (Å²) in [5.41, 5.74) is 2.60. The van der Waals surface area contributed by atoms with Gasteiger partial charge in [0.1, 0.15) is 5.75 Å². The molecule has 2 atom stereocenters. The second-order valence-corrected chi connectivity index (χ2v) is 8.79. The van der Waals surface area contributed by atoms with Crippen LogP contribution in [0, 0.1) is 0 Å². The lowest BCUT2D eigenvalue weighted by atomic mass is 9.89. The Hall–Kier alpha value is -1.81. The Morgan fingerprint density at radius 1 is 1.00 bits per heavy atom. The van der Waals surface area contributed by atoms with Gasteiger partial charge in [-0.15, -0.1) is 0 Å². The Labute approximate surface area is 170 Å². The van der Waals surface area contributed by atoms with Crippen molar-refractivity contribution in [2.45, 2.75) is 64.0 Å². The van der Waals surface area contributed by atoms with Gasteiger partial charge < -0.3 is 10.1 Å². The monoisotopic (exact) mass is 429 g/mol. The molecule has 2 unspecified atom stereocenters. The molecule has 27 heavy (non-hydrogen) atoms. The summed E-state index contributed by atoms with van der Waals surface area (Å²) >= 11 is 3.49. The molecule has 0 saturated heterocycles. The topological polar surface area (TPSA) is 38.3 Å². The zero-order chi connectivity index (χ0) is 19.6. The van der Waals surface area contributed by atoms with Gasteiger partial charge in [-0.1, -0.05) is 54.0 Å². The van der Waals surface area contributed by atoms with Gasteiger partial charge in [-0.05, 0) is 68.0 Å². The van der Waals surface area contributed by atoms with Gasteiger partial charge in [-0.25, -0.2) is 0 Å². The van der Waals surface area contributed by atoms with Crippen LogP contribution in [0.1, 0.15) is 57.6 Å². The third-order valence-corrected chi connectivity index (χ3v) is 6.15. The highest BCUT2D eigenvalue weighted by molar-refractivity contribution is 9.10. The predicted octanol–water partition coefficient (Wildman–Crippen LogP) is 5.58. The minimum atomic E-state index is -0.530. The third-order valence-electron chi connectivity index (χ3n) is 5.62.